The Hall–Kier alpha value is -1.13. The van der Waals surface area contributed by atoms with E-state index in [4.69, 9.17) is 17.3 Å². The zero-order valence-electron chi connectivity index (χ0n) is 11.1. The summed E-state index contributed by atoms with van der Waals surface area (Å²) in [4.78, 5) is 10.2. The van der Waals surface area contributed by atoms with Crippen LogP contribution in [0.2, 0.25) is 5.02 Å². The van der Waals surface area contributed by atoms with Crippen molar-refractivity contribution < 1.29 is 4.92 Å². The Morgan fingerprint density at radius 1 is 1.58 bits per heavy atom. The van der Waals surface area contributed by atoms with Crippen LogP contribution in [0.15, 0.2) is 18.2 Å². The summed E-state index contributed by atoms with van der Waals surface area (Å²) in [6.07, 6.45) is 5.04. The third-order valence-corrected chi connectivity index (χ3v) is 4.27. The zero-order valence-corrected chi connectivity index (χ0v) is 11.8. The fourth-order valence-corrected chi connectivity index (χ4v) is 3.28. The van der Waals surface area contributed by atoms with E-state index in [0.29, 0.717) is 17.4 Å². The highest BCUT2D eigenvalue weighted by molar-refractivity contribution is 6.31. The van der Waals surface area contributed by atoms with Gasteiger partial charge in [0.25, 0.3) is 5.69 Å². The van der Waals surface area contributed by atoms with Crippen molar-refractivity contribution in [3.8, 4) is 0 Å². The van der Waals surface area contributed by atoms with Crippen molar-refractivity contribution in [1.82, 2.24) is 0 Å². The average molecular weight is 283 g/mol. The van der Waals surface area contributed by atoms with E-state index in [1.165, 1.54) is 18.6 Å². The van der Waals surface area contributed by atoms with E-state index in [-0.39, 0.29) is 11.2 Å². The molecule has 0 aliphatic heterocycles. The molecule has 0 spiro atoms. The van der Waals surface area contributed by atoms with Gasteiger partial charge in [-0.25, -0.2) is 0 Å². The molecule has 2 rings (SSSR count). The SMILES string of the molecule is CC1CCCC(N)(Cc2ccc([N+](=O)[O-])cc2Cl)C1. The first kappa shape index (κ1) is 14.3. The molecule has 1 aromatic carbocycles. The summed E-state index contributed by atoms with van der Waals surface area (Å²) < 4.78 is 0. The summed E-state index contributed by atoms with van der Waals surface area (Å²) in [6.45, 7) is 2.22. The highest BCUT2D eigenvalue weighted by atomic mass is 35.5. The monoisotopic (exact) mass is 282 g/mol. The maximum Gasteiger partial charge on any atom is 0.270 e. The van der Waals surface area contributed by atoms with Crippen molar-refractivity contribution in [2.75, 3.05) is 0 Å². The molecule has 0 saturated heterocycles. The highest BCUT2D eigenvalue weighted by Crippen LogP contribution is 2.35. The second kappa shape index (κ2) is 5.47. The van der Waals surface area contributed by atoms with Crippen LogP contribution >= 0.6 is 11.6 Å². The molecule has 1 aliphatic carbocycles. The fourth-order valence-electron chi connectivity index (χ4n) is 3.03. The number of benzene rings is 1. The van der Waals surface area contributed by atoms with Crippen LogP contribution in [0.4, 0.5) is 5.69 Å². The minimum absolute atomic E-state index is 0.0248. The van der Waals surface area contributed by atoms with E-state index in [0.717, 1.165) is 24.8 Å². The number of nitro benzene ring substituents is 1. The van der Waals surface area contributed by atoms with Gasteiger partial charge in [0.15, 0.2) is 0 Å². The number of nitrogens with zero attached hydrogens (tertiary/aromatic N) is 1. The number of hydrogen-bond donors (Lipinski definition) is 1. The smallest absolute Gasteiger partial charge is 0.270 e. The molecule has 1 fully saturated rings. The second-order valence-corrected chi connectivity index (χ2v) is 6.18. The number of nitrogens with two attached hydrogens (primary N) is 1. The molecule has 2 atom stereocenters. The number of non-ortho nitro benzene ring substituents is 1. The van der Waals surface area contributed by atoms with Gasteiger partial charge in [-0.05, 0) is 30.7 Å². The van der Waals surface area contributed by atoms with E-state index in [2.05, 4.69) is 6.92 Å². The van der Waals surface area contributed by atoms with Gasteiger partial charge >= 0.3 is 0 Å². The van der Waals surface area contributed by atoms with Gasteiger partial charge in [-0.2, -0.15) is 0 Å². The Bertz CT molecular complexity index is 492. The van der Waals surface area contributed by atoms with Gasteiger partial charge in [-0.3, -0.25) is 10.1 Å². The molecular weight excluding hydrogens is 264 g/mol. The van der Waals surface area contributed by atoms with E-state index >= 15 is 0 Å². The molecule has 1 aromatic rings. The summed E-state index contributed by atoms with van der Waals surface area (Å²) in [5.74, 6) is 0.635. The molecule has 0 radical (unpaired) electrons. The molecule has 104 valence electrons. The molecule has 2 N–H and O–H groups in total. The first-order valence-corrected chi connectivity index (χ1v) is 6.99. The van der Waals surface area contributed by atoms with E-state index in [1.807, 2.05) is 0 Å². The number of hydrogen-bond acceptors (Lipinski definition) is 3. The lowest BCUT2D eigenvalue weighted by atomic mass is 9.74. The minimum Gasteiger partial charge on any atom is -0.325 e. The van der Waals surface area contributed by atoms with Gasteiger partial charge in [0.05, 0.1) is 9.95 Å². The molecular formula is C14H19ClN2O2. The number of nitro groups is 1. The van der Waals surface area contributed by atoms with Crippen molar-refractivity contribution in [3.05, 3.63) is 38.9 Å². The fraction of sp³-hybridized carbons (Fsp3) is 0.571. The van der Waals surface area contributed by atoms with Gasteiger partial charge in [0.2, 0.25) is 0 Å². The molecule has 5 heteroatoms. The van der Waals surface area contributed by atoms with Crippen LogP contribution in [0.25, 0.3) is 0 Å². The predicted octanol–water partition coefficient (Wildman–Crippen LogP) is 3.70. The Morgan fingerprint density at radius 2 is 2.32 bits per heavy atom. The highest BCUT2D eigenvalue weighted by Gasteiger charge is 2.31. The van der Waals surface area contributed by atoms with Crippen LogP contribution in [0.5, 0.6) is 0 Å². The largest absolute Gasteiger partial charge is 0.325 e. The maximum absolute atomic E-state index is 10.7. The first-order chi connectivity index (χ1) is 8.89. The Morgan fingerprint density at radius 3 is 2.89 bits per heavy atom. The lowest BCUT2D eigenvalue weighted by Crippen LogP contribution is -2.45. The molecule has 0 aromatic heterocycles. The van der Waals surface area contributed by atoms with Gasteiger partial charge in [0.1, 0.15) is 0 Å². The molecule has 4 nitrogen and oxygen atoms in total. The van der Waals surface area contributed by atoms with Gasteiger partial charge in [-0.1, -0.05) is 37.4 Å². The molecule has 0 heterocycles. The van der Waals surface area contributed by atoms with Crippen LogP contribution in [-0.4, -0.2) is 10.5 Å². The summed E-state index contributed by atoms with van der Waals surface area (Å²) in [7, 11) is 0. The molecule has 2 unspecified atom stereocenters. The predicted molar refractivity (Wildman–Crippen MR) is 76.4 cm³/mol. The standard InChI is InChI=1S/C14H19ClN2O2/c1-10-3-2-6-14(16,8-10)9-11-4-5-12(17(18)19)7-13(11)15/h4-5,7,10H,2-3,6,8-9,16H2,1H3. The van der Waals surface area contributed by atoms with Crippen molar-refractivity contribution in [2.45, 2.75) is 44.6 Å². The topological polar surface area (TPSA) is 69.2 Å². The van der Waals surface area contributed by atoms with Crippen LogP contribution in [-0.2, 0) is 6.42 Å². The molecule has 1 aliphatic rings. The van der Waals surface area contributed by atoms with Gasteiger partial charge in [0, 0.05) is 17.7 Å². The lowest BCUT2D eigenvalue weighted by Gasteiger charge is -2.37. The second-order valence-electron chi connectivity index (χ2n) is 5.77. The lowest BCUT2D eigenvalue weighted by molar-refractivity contribution is -0.384. The van der Waals surface area contributed by atoms with E-state index in [1.54, 1.807) is 6.07 Å². The number of halogens is 1. The molecule has 19 heavy (non-hydrogen) atoms. The third kappa shape index (κ3) is 3.45. The zero-order chi connectivity index (χ0) is 14.0. The van der Waals surface area contributed by atoms with Crippen LogP contribution in [0.3, 0.4) is 0 Å². The Labute approximate surface area is 118 Å². The van der Waals surface area contributed by atoms with Crippen molar-refractivity contribution in [3.63, 3.8) is 0 Å². The van der Waals surface area contributed by atoms with Crippen molar-refractivity contribution in [2.24, 2.45) is 11.7 Å². The third-order valence-electron chi connectivity index (χ3n) is 3.92. The normalized spacial score (nSPS) is 27.2. The summed E-state index contributed by atoms with van der Waals surface area (Å²) in [5, 5.41) is 11.1. The molecule has 1 saturated carbocycles. The quantitative estimate of drug-likeness (QED) is 0.679. The minimum atomic E-state index is -0.434. The van der Waals surface area contributed by atoms with Gasteiger partial charge < -0.3 is 5.73 Å². The summed E-state index contributed by atoms with van der Waals surface area (Å²) in [5.41, 5.74) is 7.16. The summed E-state index contributed by atoms with van der Waals surface area (Å²) in [6, 6.07) is 4.64. The van der Waals surface area contributed by atoms with E-state index in [9.17, 15) is 10.1 Å². The maximum atomic E-state index is 10.7. The van der Waals surface area contributed by atoms with Crippen LogP contribution < -0.4 is 5.73 Å². The molecule has 0 bridgehead atoms. The van der Waals surface area contributed by atoms with E-state index < -0.39 is 4.92 Å². The average Bonchev–Trinajstić information content (AvgIpc) is 2.31. The van der Waals surface area contributed by atoms with Crippen LogP contribution in [0.1, 0.15) is 38.2 Å². The number of rotatable bonds is 3. The first-order valence-electron chi connectivity index (χ1n) is 6.61. The Kier molecular flexibility index (Phi) is 4.11. The van der Waals surface area contributed by atoms with Gasteiger partial charge in [-0.15, -0.1) is 0 Å². The van der Waals surface area contributed by atoms with Crippen molar-refractivity contribution in [1.29, 1.82) is 0 Å². The Balaban J connectivity index is 2.16. The van der Waals surface area contributed by atoms with Crippen LogP contribution in [0, 0.1) is 16.0 Å². The van der Waals surface area contributed by atoms with Crippen molar-refractivity contribution >= 4 is 17.3 Å². The summed E-state index contributed by atoms with van der Waals surface area (Å²) >= 11 is 6.13. The molecule has 0 amide bonds.